The second-order valence-corrected chi connectivity index (χ2v) is 6.49. The molecule has 0 saturated heterocycles. The molecule has 7 heteroatoms. The van der Waals surface area contributed by atoms with Crippen LogP contribution < -0.4 is 10.1 Å². The lowest BCUT2D eigenvalue weighted by Gasteiger charge is -2.26. The van der Waals surface area contributed by atoms with E-state index >= 15 is 0 Å². The number of nitrogens with one attached hydrogen (secondary N) is 1. The second kappa shape index (κ2) is 6.49. The molecule has 1 aliphatic rings. The highest BCUT2D eigenvalue weighted by Gasteiger charge is 2.33. The van der Waals surface area contributed by atoms with Crippen LogP contribution in [0, 0.1) is 0 Å². The molecular formula is C16H17F3N2OS. The SMILES string of the molecule is COc1cccc2c1CC[C@H](NCc1nc(C(F)(F)F)cs1)C2. The van der Waals surface area contributed by atoms with Crippen LogP contribution in [0.15, 0.2) is 23.6 Å². The Labute approximate surface area is 136 Å². The van der Waals surface area contributed by atoms with Crippen LogP contribution in [0.4, 0.5) is 13.2 Å². The van der Waals surface area contributed by atoms with E-state index in [1.807, 2.05) is 12.1 Å². The summed E-state index contributed by atoms with van der Waals surface area (Å²) in [4.78, 5) is 3.65. The molecule has 1 atom stereocenters. The number of hydrogen-bond acceptors (Lipinski definition) is 4. The van der Waals surface area contributed by atoms with Crippen LogP contribution in [-0.4, -0.2) is 18.1 Å². The van der Waals surface area contributed by atoms with Crippen molar-refractivity contribution in [2.45, 2.75) is 38.0 Å². The Hall–Kier alpha value is -1.60. The van der Waals surface area contributed by atoms with Crippen LogP contribution in [-0.2, 0) is 25.6 Å². The van der Waals surface area contributed by atoms with E-state index in [-0.39, 0.29) is 6.04 Å². The van der Waals surface area contributed by atoms with Crippen molar-refractivity contribution in [2.75, 3.05) is 7.11 Å². The number of rotatable bonds is 4. The fourth-order valence-corrected chi connectivity index (χ4v) is 3.64. The van der Waals surface area contributed by atoms with E-state index in [0.717, 1.165) is 41.7 Å². The van der Waals surface area contributed by atoms with Crippen LogP contribution in [0.1, 0.15) is 28.2 Å². The van der Waals surface area contributed by atoms with Gasteiger partial charge >= 0.3 is 6.18 Å². The van der Waals surface area contributed by atoms with Gasteiger partial charge < -0.3 is 10.1 Å². The third-order valence-electron chi connectivity index (χ3n) is 4.04. The number of benzene rings is 1. The number of ether oxygens (including phenoxy) is 1. The number of aromatic nitrogens is 1. The first-order chi connectivity index (χ1) is 11.0. The monoisotopic (exact) mass is 342 g/mol. The molecule has 0 fully saturated rings. The topological polar surface area (TPSA) is 34.1 Å². The molecule has 2 aromatic rings. The van der Waals surface area contributed by atoms with Gasteiger partial charge in [-0.15, -0.1) is 11.3 Å². The van der Waals surface area contributed by atoms with E-state index < -0.39 is 11.9 Å². The Morgan fingerprint density at radius 1 is 1.39 bits per heavy atom. The van der Waals surface area contributed by atoms with Crippen LogP contribution in [0.3, 0.4) is 0 Å². The van der Waals surface area contributed by atoms with Gasteiger partial charge in [0, 0.05) is 18.0 Å². The molecule has 3 rings (SSSR count). The van der Waals surface area contributed by atoms with Gasteiger partial charge in [-0.05, 0) is 36.5 Å². The summed E-state index contributed by atoms with van der Waals surface area (Å²) < 4.78 is 43.0. The molecule has 1 aromatic carbocycles. The van der Waals surface area contributed by atoms with Gasteiger partial charge in [0.1, 0.15) is 10.8 Å². The van der Waals surface area contributed by atoms with Gasteiger partial charge in [-0.25, -0.2) is 4.98 Å². The van der Waals surface area contributed by atoms with E-state index in [2.05, 4.69) is 16.4 Å². The normalized spacial score (nSPS) is 17.8. The van der Waals surface area contributed by atoms with Crippen molar-refractivity contribution in [3.8, 4) is 5.75 Å². The summed E-state index contributed by atoms with van der Waals surface area (Å²) in [5.74, 6) is 0.913. The molecule has 23 heavy (non-hydrogen) atoms. The quantitative estimate of drug-likeness (QED) is 0.917. The molecule has 0 radical (unpaired) electrons. The summed E-state index contributed by atoms with van der Waals surface area (Å²) in [6, 6.07) is 6.25. The number of thiazole rings is 1. The Bertz CT molecular complexity index is 684. The molecular weight excluding hydrogens is 325 g/mol. The number of fused-ring (bicyclic) bond motifs is 1. The zero-order chi connectivity index (χ0) is 16.4. The van der Waals surface area contributed by atoms with Crippen molar-refractivity contribution in [1.29, 1.82) is 0 Å². The van der Waals surface area contributed by atoms with E-state index in [1.54, 1.807) is 7.11 Å². The van der Waals surface area contributed by atoms with Crippen LogP contribution in [0.2, 0.25) is 0 Å². The number of nitrogens with zero attached hydrogens (tertiary/aromatic N) is 1. The standard InChI is InChI=1S/C16H17F3N2OS/c1-22-13-4-2-3-10-7-11(5-6-12(10)13)20-8-15-21-14(9-23-15)16(17,18)19/h2-4,9,11,20H,5-8H2,1H3/t11-/m0/s1. The first-order valence-electron chi connectivity index (χ1n) is 7.37. The lowest BCUT2D eigenvalue weighted by atomic mass is 9.87. The Morgan fingerprint density at radius 3 is 2.91 bits per heavy atom. The molecule has 3 nitrogen and oxygen atoms in total. The Balaban J connectivity index is 1.61. The molecule has 1 aliphatic carbocycles. The number of methoxy groups -OCH3 is 1. The van der Waals surface area contributed by atoms with Crippen LogP contribution >= 0.6 is 11.3 Å². The summed E-state index contributed by atoms with van der Waals surface area (Å²) in [5, 5.41) is 4.85. The average molecular weight is 342 g/mol. The van der Waals surface area contributed by atoms with E-state index in [1.165, 1.54) is 11.1 Å². The fourth-order valence-electron chi connectivity index (χ4n) is 2.89. The molecule has 0 bridgehead atoms. The van der Waals surface area contributed by atoms with E-state index in [9.17, 15) is 13.2 Å². The van der Waals surface area contributed by atoms with Gasteiger partial charge in [-0.2, -0.15) is 13.2 Å². The number of hydrogen-bond donors (Lipinski definition) is 1. The third-order valence-corrected chi connectivity index (χ3v) is 4.89. The van der Waals surface area contributed by atoms with Crippen molar-refractivity contribution in [2.24, 2.45) is 0 Å². The Morgan fingerprint density at radius 2 is 2.22 bits per heavy atom. The third kappa shape index (κ3) is 3.67. The minimum Gasteiger partial charge on any atom is -0.496 e. The number of alkyl halides is 3. The maximum atomic E-state index is 12.5. The second-order valence-electron chi connectivity index (χ2n) is 5.54. The maximum Gasteiger partial charge on any atom is 0.434 e. The zero-order valence-corrected chi connectivity index (χ0v) is 13.4. The predicted molar refractivity (Wildman–Crippen MR) is 82.8 cm³/mol. The molecule has 124 valence electrons. The minimum absolute atomic E-state index is 0.243. The van der Waals surface area contributed by atoms with E-state index in [4.69, 9.17) is 4.74 Å². The molecule has 0 unspecified atom stereocenters. The van der Waals surface area contributed by atoms with Gasteiger partial charge in [-0.1, -0.05) is 12.1 Å². The fraction of sp³-hybridized carbons (Fsp3) is 0.438. The highest BCUT2D eigenvalue weighted by Crippen LogP contribution is 2.31. The van der Waals surface area contributed by atoms with Crippen molar-refractivity contribution < 1.29 is 17.9 Å². The molecule has 0 amide bonds. The van der Waals surface area contributed by atoms with Gasteiger partial charge in [0.25, 0.3) is 0 Å². The highest BCUT2D eigenvalue weighted by molar-refractivity contribution is 7.09. The first kappa shape index (κ1) is 16.3. The Kier molecular flexibility index (Phi) is 4.59. The molecule has 0 saturated carbocycles. The van der Waals surface area contributed by atoms with Crippen molar-refractivity contribution >= 4 is 11.3 Å². The lowest BCUT2D eigenvalue weighted by Crippen LogP contribution is -2.34. The minimum atomic E-state index is -4.37. The summed E-state index contributed by atoms with van der Waals surface area (Å²) in [6.45, 7) is 0.366. The van der Waals surface area contributed by atoms with Crippen molar-refractivity contribution in [1.82, 2.24) is 10.3 Å². The summed E-state index contributed by atoms with van der Waals surface area (Å²) in [6.07, 6.45) is -1.67. The molecule has 0 aliphatic heterocycles. The van der Waals surface area contributed by atoms with Crippen molar-refractivity contribution in [3.05, 3.63) is 45.4 Å². The first-order valence-corrected chi connectivity index (χ1v) is 8.25. The zero-order valence-electron chi connectivity index (χ0n) is 12.6. The largest absolute Gasteiger partial charge is 0.496 e. The maximum absolute atomic E-state index is 12.5. The van der Waals surface area contributed by atoms with Crippen LogP contribution in [0.25, 0.3) is 0 Å². The van der Waals surface area contributed by atoms with Gasteiger partial charge in [-0.3, -0.25) is 0 Å². The summed E-state index contributed by atoms with van der Waals surface area (Å²) in [7, 11) is 1.67. The average Bonchev–Trinajstić information content (AvgIpc) is 3.01. The van der Waals surface area contributed by atoms with Gasteiger partial charge in [0.2, 0.25) is 0 Å². The molecule has 1 heterocycles. The van der Waals surface area contributed by atoms with Gasteiger partial charge in [0.15, 0.2) is 5.69 Å². The molecule has 0 spiro atoms. The highest BCUT2D eigenvalue weighted by atomic mass is 32.1. The summed E-state index contributed by atoms with van der Waals surface area (Å²) in [5.41, 5.74) is 1.67. The predicted octanol–water partition coefficient (Wildman–Crippen LogP) is 3.82. The van der Waals surface area contributed by atoms with Gasteiger partial charge in [0.05, 0.1) is 7.11 Å². The number of halogens is 3. The lowest BCUT2D eigenvalue weighted by molar-refractivity contribution is -0.140. The van der Waals surface area contributed by atoms with Crippen LogP contribution in [0.5, 0.6) is 5.75 Å². The smallest absolute Gasteiger partial charge is 0.434 e. The molecule has 1 N–H and O–H groups in total. The summed E-state index contributed by atoms with van der Waals surface area (Å²) >= 11 is 1.04. The van der Waals surface area contributed by atoms with E-state index in [0.29, 0.717) is 11.6 Å². The molecule has 1 aromatic heterocycles. The van der Waals surface area contributed by atoms with Crippen molar-refractivity contribution in [3.63, 3.8) is 0 Å².